The lowest BCUT2D eigenvalue weighted by atomic mass is 10.2. The number of hydrogen-bond acceptors (Lipinski definition) is 7. The molecule has 0 unspecified atom stereocenters. The van der Waals surface area contributed by atoms with Crippen LogP contribution in [0.4, 0.5) is 5.69 Å². The molecular formula is C27H34N4O4SSi. The predicted octanol–water partition coefficient (Wildman–Crippen LogP) is 6.04. The zero-order valence-electron chi connectivity index (χ0n) is 22.0. The lowest BCUT2D eigenvalue weighted by molar-refractivity contribution is 0.0909. The quantitative estimate of drug-likeness (QED) is 0.184. The van der Waals surface area contributed by atoms with Gasteiger partial charge >= 0.3 is 0 Å². The van der Waals surface area contributed by atoms with Gasteiger partial charge < -0.3 is 14.8 Å². The molecule has 0 aliphatic carbocycles. The van der Waals surface area contributed by atoms with Gasteiger partial charge in [-0.05, 0) is 48.5 Å². The van der Waals surface area contributed by atoms with Gasteiger partial charge in [0.05, 0.1) is 27.4 Å². The van der Waals surface area contributed by atoms with E-state index in [0.717, 1.165) is 34.3 Å². The van der Waals surface area contributed by atoms with Crippen molar-refractivity contribution in [3.8, 4) is 23.0 Å². The van der Waals surface area contributed by atoms with Crippen molar-refractivity contribution in [3.63, 3.8) is 0 Å². The summed E-state index contributed by atoms with van der Waals surface area (Å²) in [5, 5.41) is 3.20. The number of nitrogens with one attached hydrogen (secondary N) is 1. The Bertz CT molecular complexity index is 1460. The second-order valence-corrected chi connectivity index (χ2v) is 17.9. The first-order valence-electron chi connectivity index (χ1n) is 12.3. The summed E-state index contributed by atoms with van der Waals surface area (Å²) in [5.41, 5.74) is 3.17. The standard InChI is InChI=1S/C27H34N4O4SSi/c1-6-36(32,33)21-12-10-20(11-13-21)35-26-18-23-25(17-24(26)28-2)31(19-34-15-16-37(3,4)5)27(30-23)22-9-7-8-14-29-22/h7-14,17-18,28H,6,15-16,19H2,1-5H3. The second-order valence-electron chi connectivity index (χ2n) is 9.99. The number of fused-ring (bicyclic) bond motifs is 1. The molecule has 2 aromatic heterocycles. The van der Waals surface area contributed by atoms with E-state index < -0.39 is 17.9 Å². The Morgan fingerprint density at radius 3 is 2.43 bits per heavy atom. The molecule has 0 aliphatic rings. The average molecular weight is 539 g/mol. The van der Waals surface area contributed by atoms with Gasteiger partial charge in [0.15, 0.2) is 21.4 Å². The summed E-state index contributed by atoms with van der Waals surface area (Å²) < 4.78 is 38.6. The molecule has 0 aliphatic heterocycles. The maximum Gasteiger partial charge on any atom is 0.178 e. The number of nitrogens with zero attached hydrogens (tertiary/aromatic N) is 3. The molecule has 2 heterocycles. The fourth-order valence-corrected chi connectivity index (χ4v) is 5.44. The predicted molar refractivity (Wildman–Crippen MR) is 151 cm³/mol. The fraction of sp³-hybridized carbons (Fsp3) is 0.333. The molecule has 4 rings (SSSR count). The van der Waals surface area contributed by atoms with Gasteiger partial charge in [0.1, 0.15) is 18.2 Å². The zero-order valence-corrected chi connectivity index (χ0v) is 23.8. The van der Waals surface area contributed by atoms with Crippen LogP contribution in [0.3, 0.4) is 0 Å². The van der Waals surface area contributed by atoms with Gasteiger partial charge in [-0.1, -0.05) is 32.6 Å². The molecule has 0 saturated carbocycles. The largest absolute Gasteiger partial charge is 0.455 e. The van der Waals surface area contributed by atoms with E-state index >= 15 is 0 Å². The van der Waals surface area contributed by atoms with Crippen molar-refractivity contribution in [1.29, 1.82) is 0 Å². The SMILES string of the molecule is CCS(=O)(=O)c1ccc(Oc2cc3nc(-c4ccccn4)n(COCC[Si](C)(C)C)c3cc2NC)cc1. The summed E-state index contributed by atoms with van der Waals surface area (Å²) in [6.45, 7) is 9.69. The highest BCUT2D eigenvalue weighted by molar-refractivity contribution is 7.91. The van der Waals surface area contributed by atoms with Crippen molar-refractivity contribution in [1.82, 2.24) is 14.5 Å². The fourth-order valence-electron chi connectivity index (χ4n) is 3.80. The summed E-state index contributed by atoms with van der Waals surface area (Å²) in [5.74, 6) is 1.89. The minimum atomic E-state index is -3.27. The van der Waals surface area contributed by atoms with Gasteiger partial charge in [0.2, 0.25) is 0 Å². The number of aromatic nitrogens is 3. The lowest BCUT2D eigenvalue weighted by Gasteiger charge is -2.16. The van der Waals surface area contributed by atoms with Crippen LogP contribution in [0.5, 0.6) is 11.5 Å². The summed E-state index contributed by atoms with van der Waals surface area (Å²) in [7, 11) is -2.65. The van der Waals surface area contributed by atoms with Crippen LogP contribution in [0, 0.1) is 0 Å². The highest BCUT2D eigenvalue weighted by atomic mass is 32.2. The number of anilines is 1. The van der Waals surface area contributed by atoms with E-state index in [0.29, 0.717) is 24.8 Å². The molecule has 2 aromatic carbocycles. The maximum atomic E-state index is 12.1. The second kappa shape index (κ2) is 11.0. The number of ether oxygens (including phenoxy) is 2. The number of benzene rings is 2. The van der Waals surface area contributed by atoms with E-state index in [1.165, 1.54) is 0 Å². The minimum Gasteiger partial charge on any atom is -0.455 e. The van der Waals surface area contributed by atoms with E-state index in [2.05, 4.69) is 29.9 Å². The Hall–Kier alpha value is -3.21. The van der Waals surface area contributed by atoms with Crippen LogP contribution in [0.2, 0.25) is 25.7 Å². The Kier molecular flexibility index (Phi) is 8.01. The van der Waals surface area contributed by atoms with Gasteiger partial charge in [-0.2, -0.15) is 0 Å². The lowest BCUT2D eigenvalue weighted by Crippen LogP contribution is -2.22. The number of imidazole rings is 1. The van der Waals surface area contributed by atoms with Gasteiger partial charge in [0, 0.05) is 34.0 Å². The number of pyridine rings is 1. The van der Waals surface area contributed by atoms with E-state index in [-0.39, 0.29) is 10.6 Å². The smallest absolute Gasteiger partial charge is 0.178 e. The third kappa shape index (κ3) is 6.38. The van der Waals surface area contributed by atoms with Crippen LogP contribution >= 0.6 is 0 Å². The van der Waals surface area contributed by atoms with Crippen LogP contribution < -0.4 is 10.1 Å². The number of rotatable bonds is 11. The summed E-state index contributed by atoms with van der Waals surface area (Å²) >= 11 is 0. The molecule has 0 saturated heterocycles. The molecule has 10 heteroatoms. The molecular weight excluding hydrogens is 504 g/mol. The highest BCUT2D eigenvalue weighted by Crippen LogP contribution is 2.36. The van der Waals surface area contributed by atoms with E-state index in [1.807, 2.05) is 41.9 Å². The summed E-state index contributed by atoms with van der Waals surface area (Å²) in [6.07, 6.45) is 1.75. The van der Waals surface area contributed by atoms with Crippen LogP contribution in [-0.2, 0) is 21.3 Å². The molecule has 8 nitrogen and oxygen atoms in total. The third-order valence-electron chi connectivity index (χ3n) is 6.02. The summed E-state index contributed by atoms with van der Waals surface area (Å²) in [4.78, 5) is 9.68. The molecule has 0 radical (unpaired) electrons. The van der Waals surface area contributed by atoms with Crippen molar-refractivity contribution >= 4 is 34.6 Å². The van der Waals surface area contributed by atoms with Crippen molar-refractivity contribution in [2.45, 2.75) is 44.2 Å². The topological polar surface area (TPSA) is 95.3 Å². The monoisotopic (exact) mass is 538 g/mol. The molecule has 196 valence electrons. The van der Waals surface area contributed by atoms with E-state index in [1.54, 1.807) is 37.4 Å². The first-order valence-corrected chi connectivity index (χ1v) is 17.7. The number of hydrogen-bond donors (Lipinski definition) is 1. The van der Waals surface area contributed by atoms with E-state index in [9.17, 15) is 8.42 Å². The highest BCUT2D eigenvalue weighted by Gasteiger charge is 2.19. The maximum absolute atomic E-state index is 12.1. The Labute approximate surface area is 219 Å². The minimum absolute atomic E-state index is 0.0525. The molecule has 0 atom stereocenters. The van der Waals surface area contributed by atoms with Crippen LogP contribution in [0.15, 0.2) is 65.7 Å². The van der Waals surface area contributed by atoms with Crippen molar-refractivity contribution < 1.29 is 17.9 Å². The Balaban J connectivity index is 1.69. The van der Waals surface area contributed by atoms with Crippen LogP contribution in [-0.4, -0.2) is 50.4 Å². The van der Waals surface area contributed by atoms with Gasteiger partial charge in [-0.25, -0.2) is 13.4 Å². The Morgan fingerprint density at radius 2 is 1.81 bits per heavy atom. The van der Waals surface area contributed by atoms with Gasteiger partial charge in [0.25, 0.3) is 0 Å². The molecule has 0 fully saturated rings. The molecule has 0 amide bonds. The van der Waals surface area contributed by atoms with Crippen molar-refractivity contribution in [2.75, 3.05) is 24.7 Å². The first-order chi connectivity index (χ1) is 17.6. The summed E-state index contributed by atoms with van der Waals surface area (Å²) in [6, 6.07) is 17.2. The Morgan fingerprint density at radius 1 is 1.05 bits per heavy atom. The van der Waals surface area contributed by atoms with E-state index in [4.69, 9.17) is 14.5 Å². The third-order valence-corrected chi connectivity index (χ3v) is 9.47. The first kappa shape index (κ1) is 26.8. The van der Waals surface area contributed by atoms with Gasteiger partial charge in [-0.15, -0.1) is 0 Å². The molecule has 4 aromatic rings. The molecule has 1 N–H and O–H groups in total. The van der Waals surface area contributed by atoms with Crippen molar-refractivity contribution in [3.05, 3.63) is 60.8 Å². The number of sulfone groups is 1. The molecule has 0 bridgehead atoms. The van der Waals surface area contributed by atoms with Crippen LogP contribution in [0.1, 0.15) is 6.92 Å². The van der Waals surface area contributed by atoms with Crippen LogP contribution in [0.25, 0.3) is 22.6 Å². The molecule has 37 heavy (non-hydrogen) atoms. The van der Waals surface area contributed by atoms with Gasteiger partial charge in [-0.3, -0.25) is 9.55 Å². The van der Waals surface area contributed by atoms with Crippen molar-refractivity contribution in [2.24, 2.45) is 0 Å². The average Bonchev–Trinajstić information content (AvgIpc) is 3.23. The molecule has 0 spiro atoms. The normalized spacial score (nSPS) is 12.1. The zero-order chi connectivity index (χ0) is 26.6.